The summed E-state index contributed by atoms with van der Waals surface area (Å²) in [6, 6.07) is 4.81. The first-order chi connectivity index (χ1) is 8.08. The van der Waals surface area contributed by atoms with Gasteiger partial charge in [-0.3, -0.25) is 0 Å². The maximum atomic E-state index is 13.6. The number of nitrogens with one attached hydrogen (secondary N) is 1. The van der Waals surface area contributed by atoms with Crippen molar-refractivity contribution in [3.05, 3.63) is 41.1 Å². The highest BCUT2D eigenvalue weighted by Gasteiger charge is 2.08. The van der Waals surface area contributed by atoms with Gasteiger partial charge < -0.3 is 11.1 Å². The molecule has 0 aliphatic carbocycles. The highest BCUT2D eigenvalue weighted by molar-refractivity contribution is 6.32. The Balaban J connectivity index is 2.35. The molecule has 1 heterocycles. The first-order valence-corrected chi connectivity index (χ1v) is 5.25. The fourth-order valence-electron chi connectivity index (χ4n) is 1.32. The smallest absolute Gasteiger partial charge is 0.158 e. The molecule has 0 fully saturated rings. The van der Waals surface area contributed by atoms with Gasteiger partial charge in [0, 0.05) is 0 Å². The number of nitrogen functional groups attached to an aromatic ring is 1. The second-order valence-electron chi connectivity index (χ2n) is 3.54. The van der Waals surface area contributed by atoms with Crippen molar-refractivity contribution in [3.8, 4) is 0 Å². The quantitative estimate of drug-likeness (QED) is 0.807. The number of hydrogen-bond acceptors (Lipinski definition) is 4. The zero-order valence-corrected chi connectivity index (χ0v) is 9.79. The summed E-state index contributed by atoms with van der Waals surface area (Å²) in [6.45, 7) is 1.81. The lowest BCUT2D eigenvalue weighted by atomic mass is 10.2. The third-order valence-electron chi connectivity index (χ3n) is 2.21. The van der Waals surface area contributed by atoms with Crippen molar-refractivity contribution in [3.63, 3.8) is 0 Å². The molecule has 0 radical (unpaired) electrons. The Kier molecular flexibility index (Phi) is 3.10. The van der Waals surface area contributed by atoms with Gasteiger partial charge in [0.2, 0.25) is 0 Å². The van der Waals surface area contributed by atoms with E-state index in [9.17, 15) is 4.39 Å². The van der Waals surface area contributed by atoms with Gasteiger partial charge in [0.1, 0.15) is 17.8 Å². The van der Waals surface area contributed by atoms with Crippen molar-refractivity contribution in [2.24, 2.45) is 0 Å². The molecule has 1 aromatic carbocycles. The van der Waals surface area contributed by atoms with Crippen LogP contribution in [-0.2, 0) is 0 Å². The third-order valence-corrected chi connectivity index (χ3v) is 2.51. The monoisotopic (exact) mass is 252 g/mol. The van der Waals surface area contributed by atoms with E-state index in [2.05, 4.69) is 15.3 Å². The fraction of sp³-hybridized carbons (Fsp3) is 0.0909. The van der Waals surface area contributed by atoms with E-state index < -0.39 is 0 Å². The molecule has 2 aromatic rings. The number of aryl methyl sites for hydroxylation is 1. The second-order valence-corrected chi connectivity index (χ2v) is 3.89. The maximum Gasteiger partial charge on any atom is 0.158 e. The molecule has 0 aliphatic heterocycles. The lowest BCUT2D eigenvalue weighted by Gasteiger charge is -2.09. The Hall–Kier alpha value is -1.88. The van der Waals surface area contributed by atoms with E-state index in [1.165, 1.54) is 12.4 Å². The standard InChI is InChI=1S/C11H10ClFN4/c1-6-2-3-8(7(13)4-6)17-11-9(14)10(12)15-5-16-11/h2-5H,14H2,1H3,(H,15,16,17). The molecule has 0 saturated heterocycles. The Morgan fingerprint density at radius 3 is 2.82 bits per heavy atom. The molecule has 0 aliphatic rings. The molecule has 1 aromatic heterocycles. The zero-order chi connectivity index (χ0) is 12.4. The molecular formula is C11H10ClFN4. The van der Waals surface area contributed by atoms with Crippen molar-refractivity contribution in [2.45, 2.75) is 6.92 Å². The highest BCUT2D eigenvalue weighted by atomic mass is 35.5. The van der Waals surface area contributed by atoms with E-state index in [-0.39, 0.29) is 28.2 Å². The van der Waals surface area contributed by atoms with Crippen molar-refractivity contribution in [1.82, 2.24) is 9.97 Å². The zero-order valence-electron chi connectivity index (χ0n) is 9.04. The molecule has 0 saturated carbocycles. The van der Waals surface area contributed by atoms with Crippen LogP contribution >= 0.6 is 11.6 Å². The van der Waals surface area contributed by atoms with Crippen LogP contribution in [0.25, 0.3) is 0 Å². The predicted molar refractivity (Wildman–Crippen MR) is 65.9 cm³/mol. The molecule has 0 spiro atoms. The Labute approximate surface area is 103 Å². The van der Waals surface area contributed by atoms with Gasteiger partial charge in [-0.05, 0) is 24.6 Å². The van der Waals surface area contributed by atoms with Crippen LogP contribution in [0.15, 0.2) is 24.5 Å². The molecular weight excluding hydrogens is 243 g/mol. The van der Waals surface area contributed by atoms with Gasteiger partial charge in [0.15, 0.2) is 11.0 Å². The maximum absolute atomic E-state index is 13.6. The molecule has 0 amide bonds. The first kappa shape index (κ1) is 11.6. The van der Waals surface area contributed by atoms with Gasteiger partial charge in [0.25, 0.3) is 0 Å². The summed E-state index contributed by atoms with van der Waals surface area (Å²) >= 11 is 5.74. The van der Waals surface area contributed by atoms with Gasteiger partial charge in [-0.1, -0.05) is 17.7 Å². The molecule has 2 rings (SSSR count). The van der Waals surface area contributed by atoms with Crippen LogP contribution in [0.3, 0.4) is 0 Å². The summed E-state index contributed by atoms with van der Waals surface area (Å²) < 4.78 is 13.6. The van der Waals surface area contributed by atoms with Crippen LogP contribution in [0.2, 0.25) is 5.15 Å². The summed E-state index contributed by atoms with van der Waals surface area (Å²) in [4.78, 5) is 7.61. The number of aromatic nitrogens is 2. The second kappa shape index (κ2) is 4.55. The third kappa shape index (κ3) is 2.45. The lowest BCUT2D eigenvalue weighted by Crippen LogP contribution is -2.02. The van der Waals surface area contributed by atoms with Gasteiger partial charge >= 0.3 is 0 Å². The van der Waals surface area contributed by atoms with Crippen LogP contribution in [-0.4, -0.2) is 9.97 Å². The van der Waals surface area contributed by atoms with E-state index in [1.807, 2.05) is 6.92 Å². The summed E-state index contributed by atoms with van der Waals surface area (Å²) in [6.07, 6.45) is 1.26. The van der Waals surface area contributed by atoms with Crippen LogP contribution < -0.4 is 11.1 Å². The van der Waals surface area contributed by atoms with Crippen molar-refractivity contribution < 1.29 is 4.39 Å². The van der Waals surface area contributed by atoms with E-state index in [0.717, 1.165) is 5.56 Å². The van der Waals surface area contributed by atoms with Crippen LogP contribution in [0.1, 0.15) is 5.56 Å². The van der Waals surface area contributed by atoms with Gasteiger partial charge in [0.05, 0.1) is 5.69 Å². The Morgan fingerprint density at radius 2 is 2.12 bits per heavy atom. The minimum atomic E-state index is -0.376. The SMILES string of the molecule is Cc1ccc(Nc2ncnc(Cl)c2N)c(F)c1. The van der Waals surface area contributed by atoms with Gasteiger partial charge in [-0.2, -0.15) is 0 Å². The predicted octanol–water partition coefficient (Wildman–Crippen LogP) is 2.90. The normalized spacial score (nSPS) is 10.3. The van der Waals surface area contributed by atoms with E-state index in [1.54, 1.807) is 12.1 Å². The largest absolute Gasteiger partial charge is 0.393 e. The van der Waals surface area contributed by atoms with Crippen molar-refractivity contribution in [1.29, 1.82) is 0 Å². The number of anilines is 3. The van der Waals surface area contributed by atoms with Crippen LogP contribution in [0, 0.1) is 12.7 Å². The van der Waals surface area contributed by atoms with Gasteiger partial charge in [-0.15, -0.1) is 0 Å². The number of rotatable bonds is 2. The van der Waals surface area contributed by atoms with Crippen LogP contribution in [0.5, 0.6) is 0 Å². The van der Waals surface area contributed by atoms with Crippen LogP contribution in [0.4, 0.5) is 21.6 Å². The number of nitrogens with zero attached hydrogens (tertiary/aromatic N) is 2. The molecule has 6 heteroatoms. The number of benzene rings is 1. The Morgan fingerprint density at radius 1 is 1.35 bits per heavy atom. The topological polar surface area (TPSA) is 63.8 Å². The Bertz CT molecular complexity index is 559. The average Bonchev–Trinajstić information content (AvgIpc) is 2.28. The van der Waals surface area contributed by atoms with Crippen molar-refractivity contribution in [2.75, 3.05) is 11.1 Å². The minimum absolute atomic E-state index is 0.134. The van der Waals surface area contributed by atoms with Crippen molar-refractivity contribution >= 4 is 28.8 Å². The van der Waals surface area contributed by atoms with E-state index in [0.29, 0.717) is 0 Å². The van der Waals surface area contributed by atoms with E-state index in [4.69, 9.17) is 17.3 Å². The number of nitrogens with two attached hydrogens (primary N) is 1. The first-order valence-electron chi connectivity index (χ1n) is 4.87. The lowest BCUT2D eigenvalue weighted by molar-refractivity contribution is 0.630. The number of halogens is 2. The average molecular weight is 253 g/mol. The summed E-state index contributed by atoms with van der Waals surface area (Å²) in [5, 5.41) is 2.91. The summed E-state index contributed by atoms with van der Waals surface area (Å²) in [5.74, 6) is -0.0908. The summed E-state index contributed by atoms with van der Waals surface area (Å²) in [7, 11) is 0. The minimum Gasteiger partial charge on any atom is -0.393 e. The highest BCUT2D eigenvalue weighted by Crippen LogP contribution is 2.26. The molecule has 0 unspecified atom stereocenters. The molecule has 0 atom stereocenters. The molecule has 4 nitrogen and oxygen atoms in total. The fourth-order valence-corrected chi connectivity index (χ4v) is 1.46. The molecule has 0 bridgehead atoms. The summed E-state index contributed by atoms with van der Waals surface area (Å²) in [5.41, 5.74) is 6.98. The molecule has 3 N–H and O–H groups in total. The van der Waals surface area contributed by atoms with E-state index >= 15 is 0 Å². The van der Waals surface area contributed by atoms with Gasteiger partial charge in [-0.25, -0.2) is 14.4 Å². The molecule has 17 heavy (non-hydrogen) atoms. The number of hydrogen-bond donors (Lipinski definition) is 2. The molecule has 88 valence electrons.